The van der Waals surface area contributed by atoms with E-state index in [1.54, 1.807) is 7.11 Å². The van der Waals surface area contributed by atoms with Gasteiger partial charge in [-0.1, -0.05) is 43.0 Å². The summed E-state index contributed by atoms with van der Waals surface area (Å²) in [5, 5.41) is 0.688. The highest BCUT2D eigenvalue weighted by molar-refractivity contribution is 6.30. The monoisotopic (exact) mass is 538 g/mol. The minimum absolute atomic E-state index is 0.00776. The molecule has 38 heavy (non-hydrogen) atoms. The minimum Gasteiger partial charge on any atom is -0.497 e. The topological polar surface area (TPSA) is 57.6 Å². The molecule has 0 radical (unpaired) electrons. The zero-order chi connectivity index (χ0) is 26.6. The number of urea groups is 1. The van der Waals surface area contributed by atoms with Crippen LogP contribution in [0, 0.1) is 5.92 Å². The van der Waals surface area contributed by atoms with Gasteiger partial charge in [0.2, 0.25) is 0 Å². The third kappa shape index (κ3) is 5.50. The molecule has 7 nitrogen and oxygen atoms in total. The number of hydrogen-bond acceptors (Lipinski definition) is 5. The number of amidine groups is 1. The number of ether oxygens (including phenoxy) is 2. The van der Waals surface area contributed by atoms with Crippen LogP contribution >= 0.6 is 11.6 Å². The van der Waals surface area contributed by atoms with Crippen LogP contribution in [-0.2, 0) is 0 Å². The molecular weight excluding hydrogens is 500 g/mol. The van der Waals surface area contributed by atoms with Crippen molar-refractivity contribution in [2.24, 2.45) is 10.9 Å². The number of amides is 2. The van der Waals surface area contributed by atoms with E-state index in [2.05, 4.69) is 24.1 Å². The van der Waals surface area contributed by atoms with Crippen LogP contribution < -0.4 is 9.47 Å². The van der Waals surface area contributed by atoms with E-state index in [1.165, 1.54) is 19.3 Å². The molecule has 2 aromatic carbocycles. The molecule has 2 heterocycles. The zero-order valence-corrected chi connectivity index (χ0v) is 23.5. The van der Waals surface area contributed by atoms with Crippen molar-refractivity contribution in [3.8, 4) is 11.5 Å². The van der Waals surface area contributed by atoms with Gasteiger partial charge in [-0.15, -0.1) is 0 Å². The molecule has 2 amide bonds. The standard InChI is InChI=1S/C30H39ClN4O3/c1-4-38-26-20-24(37-3)14-15-25(26)29-32-27(21-8-6-5-7-9-21)28(22-10-12-23(31)13-11-22)35(29)30(36)34-18-16-33(2)17-19-34/h10-15,20-21,27-28H,4-9,16-19H2,1-3H3. The Hall–Kier alpha value is -2.77. The lowest BCUT2D eigenvalue weighted by Crippen LogP contribution is -2.53. The molecule has 2 fully saturated rings. The summed E-state index contributed by atoms with van der Waals surface area (Å²) in [5.41, 5.74) is 1.89. The van der Waals surface area contributed by atoms with Crippen molar-refractivity contribution in [2.45, 2.75) is 51.1 Å². The summed E-state index contributed by atoms with van der Waals surface area (Å²) in [6, 6.07) is 13.5. The number of nitrogens with zero attached hydrogens (tertiary/aromatic N) is 4. The molecule has 1 saturated heterocycles. The highest BCUT2D eigenvalue weighted by atomic mass is 35.5. The van der Waals surface area contributed by atoms with Crippen molar-refractivity contribution in [2.75, 3.05) is 46.9 Å². The van der Waals surface area contributed by atoms with Crippen LogP contribution in [0.15, 0.2) is 47.5 Å². The smallest absolute Gasteiger partial charge is 0.326 e. The Labute approximate surface area is 231 Å². The summed E-state index contributed by atoms with van der Waals surface area (Å²) >= 11 is 6.30. The van der Waals surface area contributed by atoms with Crippen LogP contribution in [0.4, 0.5) is 4.79 Å². The van der Waals surface area contributed by atoms with Gasteiger partial charge in [0.15, 0.2) is 0 Å². The van der Waals surface area contributed by atoms with Gasteiger partial charge in [0.1, 0.15) is 17.3 Å². The maximum Gasteiger partial charge on any atom is 0.326 e. The molecule has 0 spiro atoms. The first-order valence-corrected chi connectivity index (χ1v) is 14.3. The average molecular weight is 539 g/mol. The predicted octanol–water partition coefficient (Wildman–Crippen LogP) is 5.87. The minimum atomic E-state index is -0.200. The molecule has 1 saturated carbocycles. The van der Waals surface area contributed by atoms with Crippen molar-refractivity contribution in [1.29, 1.82) is 0 Å². The lowest BCUT2D eigenvalue weighted by atomic mass is 9.80. The van der Waals surface area contributed by atoms with Crippen molar-refractivity contribution in [3.05, 3.63) is 58.6 Å². The quantitative estimate of drug-likeness (QED) is 0.462. The van der Waals surface area contributed by atoms with E-state index >= 15 is 0 Å². The van der Waals surface area contributed by atoms with E-state index < -0.39 is 0 Å². The fourth-order valence-electron chi connectivity index (χ4n) is 6.05. The Bertz CT molecular complexity index is 1140. The average Bonchev–Trinajstić information content (AvgIpc) is 3.34. The Morgan fingerprint density at radius 3 is 2.39 bits per heavy atom. The maximum absolute atomic E-state index is 14.4. The zero-order valence-electron chi connectivity index (χ0n) is 22.7. The third-order valence-corrected chi connectivity index (χ3v) is 8.41. The Kier molecular flexibility index (Phi) is 8.44. The van der Waals surface area contributed by atoms with Crippen LogP contribution in [0.2, 0.25) is 5.02 Å². The number of piperazine rings is 1. The fourth-order valence-corrected chi connectivity index (χ4v) is 6.18. The molecule has 1 aliphatic carbocycles. The number of benzene rings is 2. The predicted molar refractivity (Wildman–Crippen MR) is 152 cm³/mol. The molecule has 0 aromatic heterocycles. The first-order valence-electron chi connectivity index (χ1n) is 13.9. The van der Waals surface area contributed by atoms with Gasteiger partial charge >= 0.3 is 6.03 Å². The second-order valence-corrected chi connectivity index (χ2v) is 11.0. The van der Waals surface area contributed by atoms with Crippen molar-refractivity contribution in [1.82, 2.24) is 14.7 Å². The van der Waals surface area contributed by atoms with Crippen LogP contribution in [0.3, 0.4) is 0 Å². The van der Waals surface area contributed by atoms with Gasteiger partial charge in [-0.2, -0.15) is 0 Å². The molecule has 2 aliphatic heterocycles. The molecule has 0 N–H and O–H groups in total. The number of likely N-dealkylation sites (N-methyl/N-ethyl adjacent to an activating group) is 1. The van der Waals surface area contributed by atoms with E-state index in [0.717, 1.165) is 37.1 Å². The van der Waals surface area contributed by atoms with Crippen molar-refractivity contribution < 1.29 is 14.3 Å². The van der Waals surface area contributed by atoms with Crippen LogP contribution in [0.25, 0.3) is 0 Å². The molecule has 5 rings (SSSR count). The highest BCUT2D eigenvalue weighted by Gasteiger charge is 2.46. The molecule has 0 bridgehead atoms. The first kappa shape index (κ1) is 26.8. The molecular formula is C30H39ClN4O3. The lowest BCUT2D eigenvalue weighted by molar-refractivity contribution is 0.125. The third-order valence-electron chi connectivity index (χ3n) is 8.15. The highest BCUT2D eigenvalue weighted by Crippen LogP contribution is 2.44. The second kappa shape index (κ2) is 12.0. The summed E-state index contributed by atoms with van der Waals surface area (Å²) in [6.07, 6.45) is 5.94. The summed E-state index contributed by atoms with van der Waals surface area (Å²) in [6.45, 7) is 5.58. The van der Waals surface area contributed by atoms with Gasteiger partial charge in [-0.3, -0.25) is 9.89 Å². The summed E-state index contributed by atoms with van der Waals surface area (Å²) in [4.78, 5) is 26.0. The van der Waals surface area contributed by atoms with Crippen LogP contribution in [0.1, 0.15) is 56.2 Å². The SMILES string of the molecule is CCOc1cc(OC)ccc1C1=NC(C2CCCCC2)C(c2ccc(Cl)cc2)N1C(=O)N1CCN(C)CC1. The molecule has 3 aliphatic rings. The van der Waals surface area contributed by atoms with E-state index in [1.807, 2.05) is 47.1 Å². The number of methoxy groups -OCH3 is 1. The Balaban J connectivity index is 1.63. The van der Waals surface area contributed by atoms with Crippen LogP contribution in [-0.4, -0.2) is 79.6 Å². The molecule has 2 unspecified atom stereocenters. The van der Waals surface area contributed by atoms with E-state index in [9.17, 15) is 4.79 Å². The van der Waals surface area contributed by atoms with Gasteiger partial charge in [-0.25, -0.2) is 4.79 Å². The van der Waals surface area contributed by atoms with Gasteiger partial charge in [0, 0.05) is 37.3 Å². The number of rotatable bonds is 6. The van der Waals surface area contributed by atoms with Crippen molar-refractivity contribution in [3.63, 3.8) is 0 Å². The van der Waals surface area contributed by atoms with Crippen molar-refractivity contribution >= 4 is 23.5 Å². The van der Waals surface area contributed by atoms with E-state index in [4.69, 9.17) is 26.1 Å². The summed E-state index contributed by atoms with van der Waals surface area (Å²) in [5.74, 6) is 2.50. The van der Waals surface area contributed by atoms with Gasteiger partial charge in [0.05, 0.1) is 31.4 Å². The molecule has 2 aromatic rings. The van der Waals surface area contributed by atoms with Gasteiger partial charge < -0.3 is 19.3 Å². The molecule has 8 heteroatoms. The second-order valence-electron chi connectivity index (χ2n) is 10.6. The van der Waals surface area contributed by atoms with E-state index in [0.29, 0.717) is 48.0 Å². The Morgan fingerprint density at radius 1 is 1.03 bits per heavy atom. The normalized spacial score (nSPS) is 22.9. The number of aliphatic imine (C=N–C) groups is 1. The number of carbonyl (C=O) groups is 1. The number of carbonyl (C=O) groups excluding carboxylic acids is 1. The summed E-state index contributed by atoms with van der Waals surface area (Å²) in [7, 11) is 3.75. The van der Waals surface area contributed by atoms with Gasteiger partial charge in [0.25, 0.3) is 0 Å². The van der Waals surface area contributed by atoms with Crippen LogP contribution in [0.5, 0.6) is 11.5 Å². The number of hydrogen-bond donors (Lipinski definition) is 0. The first-order chi connectivity index (χ1) is 18.5. The maximum atomic E-state index is 14.4. The largest absolute Gasteiger partial charge is 0.497 e. The Morgan fingerprint density at radius 2 is 1.74 bits per heavy atom. The fraction of sp³-hybridized carbons (Fsp3) is 0.533. The van der Waals surface area contributed by atoms with E-state index in [-0.39, 0.29) is 18.1 Å². The molecule has 204 valence electrons. The summed E-state index contributed by atoms with van der Waals surface area (Å²) < 4.78 is 11.6. The lowest BCUT2D eigenvalue weighted by Gasteiger charge is -2.39. The number of halogens is 1. The van der Waals surface area contributed by atoms with Gasteiger partial charge in [-0.05, 0) is 62.6 Å². The molecule has 2 atom stereocenters.